The first-order valence-electron chi connectivity index (χ1n) is 7.95. The highest BCUT2D eigenvalue weighted by molar-refractivity contribution is 5.69. The van der Waals surface area contributed by atoms with Crippen molar-refractivity contribution < 1.29 is 23.7 Å². The topological polar surface area (TPSA) is 54.0 Å². The summed E-state index contributed by atoms with van der Waals surface area (Å²) in [6.07, 6.45) is -0.145. The smallest absolute Gasteiger partial charge is 0.308 e. The number of hydrogen-bond donors (Lipinski definition) is 0. The molecule has 1 aliphatic rings. The lowest BCUT2D eigenvalue weighted by Crippen LogP contribution is -2.52. The van der Waals surface area contributed by atoms with Crippen LogP contribution in [0.15, 0.2) is 30.3 Å². The van der Waals surface area contributed by atoms with Gasteiger partial charge in [-0.1, -0.05) is 37.3 Å². The maximum absolute atomic E-state index is 11.6. The summed E-state index contributed by atoms with van der Waals surface area (Å²) in [6, 6.07) is 10.0. The Morgan fingerprint density at radius 3 is 2.48 bits per heavy atom. The second-order valence-corrected chi connectivity index (χ2v) is 6.35. The van der Waals surface area contributed by atoms with E-state index in [-0.39, 0.29) is 30.5 Å². The lowest BCUT2D eigenvalue weighted by atomic mass is 9.93. The first kappa shape index (κ1) is 17.9. The van der Waals surface area contributed by atoms with E-state index in [2.05, 4.69) is 0 Å². The Morgan fingerprint density at radius 1 is 1.17 bits per heavy atom. The predicted octanol–water partition coefficient (Wildman–Crippen LogP) is 2.92. The number of carbonyl (C=O) groups is 1. The zero-order chi connectivity index (χ0) is 16.9. The van der Waals surface area contributed by atoms with Crippen LogP contribution in [0.4, 0.5) is 0 Å². The van der Waals surface area contributed by atoms with Crippen molar-refractivity contribution in [1.82, 2.24) is 0 Å². The van der Waals surface area contributed by atoms with E-state index in [9.17, 15) is 4.79 Å². The first-order chi connectivity index (χ1) is 10.9. The van der Waals surface area contributed by atoms with Crippen LogP contribution in [0.3, 0.4) is 0 Å². The van der Waals surface area contributed by atoms with Gasteiger partial charge in [0.15, 0.2) is 5.79 Å². The van der Waals surface area contributed by atoms with Crippen molar-refractivity contribution in [3.63, 3.8) is 0 Å². The molecule has 5 nitrogen and oxygen atoms in total. The van der Waals surface area contributed by atoms with E-state index in [1.807, 2.05) is 51.1 Å². The van der Waals surface area contributed by atoms with Crippen molar-refractivity contribution in [3.8, 4) is 0 Å². The van der Waals surface area contributed by atoms with E-state index in [0.717, 1.165) is 5.56 Å². The molecule has 0 amide bonds. The van der Waals surface area contributed by atoms with Crippen LogP contribution in [0, 0.1) is 5.92 Å². The third-order valence-corrected chi connectivity index (χ3v) is 4.03. The summed E-state index contributed by atoms with van der Waals surface area (Å²) in [5.74, 6) is -0.979. The van der Waals surface area contributed by atoms with Gasteiger partial charge in [0.2, 0.25) is 0 Å². The van der Waals surface area contributed by atoms with Gasteiger partial charge in [0.1, 0.15) is 0 Å². The molecule has 0 aliphatic carbocycles. The van der Waals surface area contributed by atoms with Crippen LogP contribution in [0.5, 0.6) is 0 Å². The minimum absolute atomic E-state index is 0.0397. The fourth-order valence-corrected chi connectivity index (χ4v) is 2.74. The maximum atomic E-state index is 11.6. The number of hydrogen-bond acceptors (Lipinski definition) is 5. The van der Waals surface area contributed by atoms with Gasteiger partial charge in [0.05, 0.1) is 39.0 Å². The van der Waals surface area contributed by atoms with Gasteiger partial charge in [-0.3, -0.25) is 4.79 Å². The van der Waals surface area contributed by atoms with Crippen molar-refractivity contribution in [2.45, 2.75) is 51.8 Å². The molecule has 3 atom stereocenters. The maximum Gasteiger partial charge on any atom is 0.308 e. The monoisotopic (exact) mass is 322 g/mol. The summed E-state index contributed by atoms with van der Waals surface area (Å²) in [5.41, 5.74) is 1.12. The molecule has 0 N–H and O–H groups in total. The number of rotatable bonds is 6. The van der Waals surface area contributed by atoms with E-state index in [1.165, 1.54) is 7.11 Å². The lowest BCUT2D eigenvalue weighted by molar-refractivity contribution is -0.325. The van der Waals surface area contributed by atoms with Crippen molar-refractivity contribution >= 4 is 5.97 Å². The van der Waals surface area contributed by atoms with Crippen LogP contribution in [-0.4, -0.2) is 37.7 Å². The molecule has 128 valence electrons. The number of benzene rings is 1. The molecule has 1 heterocycles. The predicted molar refractivity (Wildman–Crippen MR) is 85.7 cm³/mol. The molecular formula is C18H26O5. The number of esters is 1. The molecule has 1 aliphatic heterocycles. The molecule has 0 bridgehead atoms. The van der Waals surface area contributed by atoms with Crippen molar-refractivity contribution in [1.29, 1.82) is 0 Å². The van der Waals surface area contributed by atoms with E-state index in [0.29, 0.717) is 13.2 Å². The zero-order valence-corrected chi connectivity index (χ0v) is 14.3. The number of methoxy groups -OCH3 is 1. The fourth-order valence-electron chi connectivity index (χ4n) is 2.74. The van der Waals surface area contributed by atoms with Crippen LogP contribution >= 0.6 is 0 Å². The molecule has 1 fully saturated rings. The molecule has 0 unspecified atom stereocenters. The number of carbonyl (C=O) groups excluding carboxylic acids is 1. The van der Waals surface area contributed by atoms with Crippen LogP contribution < -0.4 is 0 Å². The summed E-state index contributed by atoms with van der Waals surface area (Å²) in [5, 5.41) is 0. The summed E-state index contributed by atoms with van der Waals surface area (Å²) < 4.78 is 22.4. The van der Waals surface area contributed by atoms with Gasteiger partial charge < -0.3 is 18.9 Å². The minimum atomic E-state index is -0.744. The largest absolute Gasteiger partial charge is 0.469 e. The van der Waals surface area contributed by atoms with Crippen LogP contribution in [0.2, 0.25) is 0 Å². The standard InChI is InChI=1S/C18H26O5/c1-13-15(10-17(19)20-4)22-18(2,3)23-16(13)12-21-11-14-8-6-5-7-9-14/h5-9,13,15-16H,10-12H2,1-4H3/t13-,15+,16+/m0/s1. The molecule has 1 saturated heterocycles. The summed E-state index contributed by atoms with van der Waals surface area (Å²) in [4.78, 5) is 11.6. The molecular weight excluding hydrogens is 296 g/mol. The van der Waals surface area contributed by atoms with Gasteiger partial charge >= 0.3 is 5.97 Å². The van der Waals surface area contributed by atoms with Gasteiger partial charge in [0, 0.05) is 5.92 Å². The Hall–Kier alpha value is -1.43. The summed E-state index contributed by atoms with van der Waals surface area (Å²) in [6.45, 7) is 6.72. The second kappa shape index (κ2) is 7.90. The van der Waals surface area contributed by atoms with Crippen molar-refractivity contribution in [2.75, 3.05) is 13.7 Å². The van der Waals surface area contributed by atoms with Crippen LogP contribution in [0.25, 0.3) is 0 Å². The van der Waals surface area contributed by atoms with Gasteiger partial charge in [-0.25, -0.2) is 0 Å². The van der Waals surface area contributed by atoms with E-state index in [1.54, 1.807) is 0 Å². The van der Waals surface area contributed by atoms with E-state index < -0.39 is 5.79 Å². The van der Waals surface area contributed by atoms with Gasteiger partial charge in [-0.15, -0.1) is 0 Å². The molecule has 0 radical (unpaired) electrons. The fraction of sp³-hybridized carbons (Fsp3) is 0.611. The van der Waals surface area contributed by atoms with Crippen molar-refractivity contribution in [2.24, 2.45) is 5.92 Å². The Kier molecular flexibility index (Phi) is 6.16. The average molecular weight is 322 g/mol. The van der Waals surface area contributed by atoms with Gasteiger partial charge in [-0.2, -0.15) is 0 Å². The summed E-state index contributed by atoms with van der Waals surface area (Å²) >= 11 is 0. The van der Waals surface area contributed by atoms with Gasteiger partial charge in [0.25, 0.3) is 0 Å². The average Bonchev–Trinajstić information content (AvgIpc) is 2.52. The lowest BCUT2D eigenvalue weighted by Gasteiger charge is -2.44. The van der Waals surface area contributed by atoms with Crippen LogP contribution in [0.1, 0.15) is 32.8 Å². The first-order valence-corrected chi connectivity index (χ1v) is 7.95. The zero-order valence-electron chi connectivity index (χ0n) is 14.3. The molecule has 0 aromatic heterocycles. The molecule has 1 aromatic carbocycles. The highest BCUT2D eigenvalue weighted by Crippen LogP contribution is 2.33. The van der Waals surface area contributed by atoms with Gasteiger partial charge in [-0.05, 0) is 19.4 Å². The molecule has 2 rings (SSSR count). The minimum Gasteiger partial charge on any atom is -0.469 e. The molecule has 0 saturated carbocycles. The Balaban J connectivity index is 1.92. The molecule has 0 spiro atoms. The highest BCUT2D eigenvalue weighted by Gasteiger charge is 2.41. The Bertz CT molecular complexity index is 499. The summed E-state index contributed by atoms with van der Waals surface area (Å²) in [7, 11) is 1.39. The highest BCUT2D eigenvalue weighted by atomic mass is 16.7. The second-order valence-electron chi connectivity index (χ2n) is 6.35. The van der Waals surface area contributed by atoms with E-state index >= 15 is 0 Å². The molecule has 1 aromatic rings. The van der Waals surface area contributed by atoms with Crippen molar-refractivity contribution in [3.05, 3.63) is 35.9 Å². The third kappa shape index (κ3) is 5.30. The number of ether oxygens (including phenoxy) is 4. The van der Waals surface area contributed by atoms with Crippen LogP contribution in [-0.2, 0) is 30.3 Å². The SMILES string of the molecule is COC(=O)C[C@H]1OC(C)(C)O[C@H](COCc2ccccc2)[C@H]1C. The third-order valence-electron chi connectivity index (χ3n) is 4.03. The molecule has 5 heteroatoms. The Labute approximate surface area is 137 Å². The van der Waals surface area contributed by atoms with E-state index in [4.69, 9.17) is 18.9 Å². The Morgan fingerprint density at radius 2 is 1.83 bits per heavy atom. The normalized spacial score (nSPS) is 26.7. The quantitative estimate of drug-likeness (QED) is 0.754. The molecule has 23 heavy (non-hydrogen) atoms.